The largest absolute Gasteiger partial charge is 0.504 e. The zero-order chi connectivity index (χ0) is 22.2. The molecule has 2 heterocycles. The van der Waals surface area contributed by atoms with Crippen molar-refractivity contribution < 1.29 is 14.6 Å². The highest BCUT2D eigenvalue weighted by Crippen LogP contribution is 2.31. The van der Waals surface area contributed by atoms with Crippen molar-refractivity contribution in [2.24, 2.45) is 0 Å². The summed E-state index contributed by atoms with van der Waals surface area (Å²) in [7, 11) is 1.35. The quantitative estimate of drug-likeness (QED) is 0.409. The van der Waals surface area contributed by atoms with Gasteiger partial charge in [0.2, 0.25) is 0 Å². The zero-order valence-electron chi connectivity index (χ0n) is 16.9. The number of phenolic OH excluding ortho intramolecular Hbond substituents is 1. The topological polar surface area (TPSA) is 108 Å². The number of methoxy groups -OCH3 is 1. The Kier molecular flexibility index (Phi) is 4.95. The molecule has 1 N–H and O–H groups in total. The van der Waals surface area contributed by atoms with Crippen LogP contribution < -0.4 is 0 Å². The van der Waals surface area contributed by atoms with Crippen LogP contribution in [0.2, 0.25) is 5.02 Å². The van der Waals surface area contributed by atoms with Crippen LogP contribution in [0.15, 0.2) is 54.6 Å². The number of fused-ring (bicyclic) bond motifs is 2. The van der Waals surface area contributed by atoms with E-state index < -0.39 is 0 Å². The minimum absolute atomic E-state index is 0.0986. The smallest absolute Gasteiger partial charge is 0.305 e. The van der Waals surface area contributed by atoms with Gasteiger partial charge in [0.05, 0.1) is 7.11 Å². The van der Waals surface area contributed by atoms with Gasteiger partial charge < -0.3 is 9.84 Å². The van der Waals surface area contributed by atoms with Gasteiger partial charge >= 0.3 is 5.97 Å². The summed E-state index contributed by atoms with van der Waals surface area (Å²) in [5, 5.41) is 29.5. The van der Waals surface area contributed by atoms with Crippen LogP contribution in [0.4, 0.5) is 0 Å². The van der Waals surface area contributed by atoms with Gasteiger partial charge in [0.15, 0.2) is 5.75 Å². The molecule has 0 atom stereocenters. The first-order valence-corrected chi connectivity index (χ1v) is 10.2. The van der Waals surface area contributed by atoms with Gasteiger partial charge in [-0.15, -0.1) is 30.0 Å². The molecule has 10 heteroatoms. The van der Waals surface area contributed by atoms with E-state index in [9.17, 15) is 9.90 Å². The Hall–Kier alpha value is -3.98. The third-order valence-electron chi connectivity index (χ3n) is 5.03. The number of phenols is 1. The van der Waals surface area contributed by atoms with Crippen molar-refractivity contribution in [3.05, 3.63) is 65.2 Å². The molecule has 0 aliphatic rings. The van der Waals surface area contributed by atoms with Gasteiger partial charge in [-0.1, -0.05) is 23.7 Å². The minimum Gasteiger partial charge on any atom is -0.504 e. The number of hydrogen-bond acceptors (Lipinski definition) is 7. The maximum Gasteiger partial charge on any atom is 0.305 e. The van der Waals surface area contributed by atoms with Crippen molar-refractivity contribution in [2.45, 2.75) is 12.8 Å². The fraction of sp³-hybridized carbons (Fsp3) is 0.136. The number of aromatic nitrogens is 6. The van der Waals surface area contributed by atoms with Crippen molar-refractivity contribution in [3.8, 4) is 17.1 Å². The van der Waals surface area contributed by atoms with E-state index in [0.29, 0.717) is 44.9 Å². The number of esters is 1. The summed E-state index contributed by atoms with van der Waals surface area (Å²) >= 11 is 6.07. The van der Waals surface area contributed by atoms with Crippen LogP contribution in [0.25, 0.3) is 33.4 Å². The molecular weight excluding hydrogens is 432 g/mol. The fourth-order valence-electron chi connectivity index (χ4n) is 3.42. The monoisotopic (exact) mass is 448 g/mol. The number of nitrogens with zero attached hydrogens (tertiary/aromatic N) is 6. The van der Waals surface area contributed by atoms with Gasteiger partial charge in [0.1, 0.15) is 33.4 Å². The summed E-state index contributed by atoms with van der Waals surface area (Å²) in [4.78, 5) is 14.4. The van der Waals surface area contributed by atoms with Crippen LogP contribution in [-0.2, 0) is 16.0 Å². The molecule has 5 rings (SSSR count). The molecular formula is C22H17ClN6O3. The second-order valence-corrected chi connectivity index (χ2v) is 7.60. The van der Waals surface area contributed by atoms with Gasteiger partial charge in [-0.3, -0.25) is 4.79 Å². The molecule has 0 saturated heterocycles. The Morgan fingerprint density at radius 3 is 2.06 bits per heavy atom. The lowest BCUT2D eigenvalue weighted by atomic mass is 10.1. The van der Waals surface area contributed by atoms with E-state index in [0.717, 1.165) is 5.56 Å². The molecule has 0 spiro atoms. The molecule has 5 aromatic rings. The Morgan fingerprint density at radius 1 is 0.906 bits per heavy atom. The van der Waals surface area contributed by atoms with E-state index in [1.807, 2.05) is 24.3 Å². The lowest BCUT2D eigenvalue weighted by molar-refractivity contribution is -0.140. The maximum absolute atomic E-state index is 11.7. The van der Waals surface area contributed by atoms with Crippen molar-refractivity contribution in [3.63, 3.8) is 0 Å². The molecule has 160 valence electrons. The summed E-state index contributed by atoms with van der Waals surface area (Å²) < 4.78 is 4.76. The summed E-state index contributed by atoms with van der Waals surface area (Å²) in [6, 6.07) is 16.0. The number of hydrogen-bond donors (Lipinski definition) is 1. The number of benzene rings is 3. The first-order chi connectivity index (χ1) is 15.5. The maximum atomic E-state index is 11.7. The molecule has 0 bridgehead atoms. The predicted molar refractivity (Wildman–Crippen MR) is 118 cm³/mol. The first-order valence-electron chi connectivity index (χ1n) is 9.80. The van der Waals surface area contributed by atoms with Crippen molar-refractivity contribution in [1.82, 2.24) is 30.0 Å². The Bertz CT molecular complexity index is 1440. The van der Waals surface area contributed by atoms with Gasteiger partial charge in [-0.2, -0.15) is 0 Å². The van der Waals surface area contributed by atoms with E-state index >= 15 is 0 Å². The number of ether oxygens (including phenoxy) is 1. The van der Waals surface area contributed by atoms with Crippen LogP contribution in [0, 0.1) is 0 Å². The average molecular weight is 449 g/mol. The summed E-state index contributed by atoms with van der Waals surface area (Å²) in [5.41, 5.74) is 4.02. The molecule has 3 aromatic carbocycles. The standard InChI is InChI=1S/C22H17ClN6O3/c1-32-21(30)9-6-13-10-19(28-24-15-4-2-3-5-16(15)25-28)22(31)20(11-13)29-26-17-8-7-14(23)12-18(17)27-29/h2-5,7-8,10-12,31H,6,9H2,1H3. The van der Waals surface area contributed by atoms with Gasteiger partial charge in [-0.05, 0) is 54.4 Å². The Balaban J connectivity index is 1.67. The number of halogens is 1. The highest BCUT2D eigenvalue weighted by atomic mass is 35.5. The molecule has 0 fully saturated rings. The summed E-state index contributed by atoms with van der Waals surface area (Å²) in [6.45, 7) is 0. The van der Waals surface area contributed by atoms with E-state index in [4.69, 9.17) is 16.3 Å². The number of aryl methyl sites for hydroxylation is 1. The lowest BCUT2D eigenvalue weighted by Gasteiger charge is -2.11. The highest BCUT2D eigenvalue weighted by molar-refractivity contribution is 6.31. The van der Waals surface area contributed by atoms with E-state index in [-0.39, 0.29) is 18.1 Å². The third kappa shape index (κ3) is 3.63. The van der Waals surface area contributed by atoms with E-state index in [1.54, 1.807) is 30.3 Å². The van der Waals surface area contributed by atoms with Crippen LogP contribution in [0.3, 0.4) is 0 Å². The first kappa shape index (κ1) is 20.0. The highest BCUT2D eigenvalue weighted by Gasteiger charge is 2.18. The number of carbonyl (C=O) groups is 1. The second-order valence-electron chi connectivity index (χ2n) is 7.16. The Labute approximate surface area is 186 Å². The predicted octanol–water partition coefficient (Wildman–Crippen LogP) is 3.62. The van der Waals surface area contributed by atoms with Crippen molar-refractivity contribution in [2.75, 3.05) is 7.11 Å². The summed E-state index contributed by atoms with van der Waals surface area (Å²) in [5.74, 6) is -0.430. The van der Waals surface area contributed by atoms with Crippen molar-refractivity contribution in [1.29, 1.82) is 0 Å². The van der Waals surface area contributed by atoms with Crippen LogP contribution in [-0.4, -0.2) is 48.2 Å². The molecule has 32 heavy (non-hydrogen) atoms. The lowest BCUT2D eigenvalue weighted by Crippen LogP contribution is -2.07. The van der Waals surface area contributed by atoms with Crippen molar-refractivity contribution >= 4 is 39.6 Å². The third-order valence-corrected chi connectivity index (χ3v) is 5.27. The minimum atomic E-state index is -0.332. The molecule has 0 saturated carbocycles. The SMILES string of the molecule is COC(=O)CCc1cc(-n2nc3ccccc3n2)c(O)c(-n2nc3ccc(Cl)cc3n2)c1. The molecule has 0 unspecified atom stereocenters. The molecule has 9 nitrogen and oxygen atoms in total. The van der Waals surface area contributed by atoms with Gasteiger partial charge in [0.25, 0.3) is 0 Å². The second kappa shape index (κ2) is 7.93. The van der Waals surface area contributed by atoms with Crippen LogP contribution in [0.1, 0.15) is 12.0 Å². The number of aromatic hydroxyl groups is 1. The molecule has 2 aromatic heterocycles. The summed E-state index contributed by atoms with van der Waals surface area (Å²) in [6.07, 6.45) is 0.569. The zero-order valence-corrected chi connectivity index (χ0v) is 17.7. The van der Waals surface area contributed by atoms with Gasteiger partial charge in [-0.25, -0.2) is 0 Å². The normalized spacial score (nSPS) is 11.3. The number of rotatable bonds is 5. The fourth-order valence-corrected chi connectivity index (χ4v) is 3.59. The van der Waals surface area contributed by atoms with E-state index in [1.165, 1.54) is 16.7 Å². The van der Waals surface area contributed by atoms with Crippen LogP contribution in [0.5, 0.6) is 5.75 Å². The molecule has 0 aliphatic carbocycles. The molecule has 0 radical (unpaired) electrons. The van der Waals surface area contributed by atoms with Crippen LogP contribution >= 0.6 is 11.6 Å². The van der Waals surface area contributed by atoms with E-state index in [2.05, 4.69) is 20.4 Å². The average Bonchev–Trinajstić information content (AvgIpc) is 3.41. The van der Waals surface area contributed by atoms with Gasteiger partial charge in [0, 0.05) is 11.4 Å². The number of carbonyl (C=O) groups excluding carboxylic acids is 1. The molecule has 0 amide bonds. The Morgan fingerprint density at radius 2 is 1.47 bits per heavy atom. The molecule has 0 aliphatic heterocycles.